The molecular weight excluding hydrogens is 354 g/mol. The van der Waals surface area contributed by atoms with E-state index in [1.165, 1.54) is 0 Å². The van der Waals surface area contributed by atoms with Gasteiger partial charge in [0, 0.05) is 25.2 Å². The first kappa shape index (κ1) is 21.8. The number of aromatic hydroxyl groups is 2. The largest absolute Gasteiger partial charge is 0.507 e. The number of aliphatic imine (C=N–C) groups is 1. The summed E-state index contributed by atoms with van der Waals surface area (Å²) in [6.45, 7) is 4.26. The lowest BCUT2D eigenvalue weighted by Crippen LogP contribution is -2.13. The first-order valence-corrected chi connectivity index (χ1v) is 9.11. The van der Waals surface area contributed by atoms with E-state index in [0.29, 0.717) is 11.3 Å². The van der Waals surface area contributed by atoms with Crippen LogP contribution in [0.15, 0.2) is 35.4 Å². The minimum absolute atomic E-state index is 0.0111. The zero-order valence-corrected chi connectivity index (χ0v) is 16.2. The number of fused-ring (bicyclic) bond motifs is 1. The number of phenols is 2. The Morgan fingerprint density at radius 3 is 2.58 bits per heavy atom. The SMILES string of the molecule is CC.CN=C1/C=C/C=C\CCCCOC(=O)c2c(O)cc(O)c(Cl)c2C1. The van der Waals surface area contributed by atoms with Gasteiger partial charge >= 0.3 is 5.97 Å². The monoisotopic (exact) mass is 379 g/mol. The highest BCUT2D eigenvalue weighted by Crippen LogP contribution is 2.37. The number of ether oxygens (including phenoxy) is 1. The molecule has 0 saturated carbocycles. The van der Waals surface area contributed by atoms with Gasteiger partial charge in [-0.05, 0) is 30.9 Å². The fraction of sp³-hybridized carbons (Fsp3) is 0.400. The quantitative estimate of drug-likeness (QED) is 0.632. The van der Waals surface area contributed by atoms with Crippen LogP contribution >= 0.6 is 11.6 Å². The fourth-order valence-electron chi connectivity index (χ4n) is 2.41. The Kier molecular flexibility index (Phi) is 9.52. The summed E-state index contributed by atoms with van der Waals surface area (Å²) in [5, 5.41) is 20.0. The van der Waals surface area contributed by atoms with Crippen molar-refractivity contribution in [3.8, 4) is 11.5 Å². The van der Waals surface area contributed by atoms with Gasteiger partial charge in [0.1, 0.15) is 17.1 Å². The number of carbonyl (C=O) groups is 1. The number of hydrogen-bond donors (Lipinski definition) is 2. The van der Waals surface area contributed by atoms with Gasteiger partial charge in [0.25, 0.3) is 0 Å². The molecule has 6 heteroatoms. The van der Waals surface area contributed by atoms with Crippen LogP contribution in [0.25, 0.3) is 0 Å². The predicted molar refractivity (Wildman–Crippen MR) is 106 cm³/mol. The van der Waals surface area contributed by atoms with Crippen LogP contribution in [-0.4, -0.2) is 35.5 Å². The molecule has 2 N–H and O–H groups in total. The number of allylic oxidation sites excluding steroid dienone is 4. The van der Waals surface area contributed by atoms with Crippen molar-refractivity contribution < 1.29 is 19.7 Å². The molecule has 1 aromatic carbocycles. The maximum atomic E-state index is 12.4. The van der Waals surface area contributed by atoms with E-state index in [-0.39, 0.29) is 35.1 Å². The summed E-state index contributed by atoms with van der Waals surface area (Å²) in [5.74, 6) is -1.30. The Bertz CT molecular complexity index is 708. The van der Waals surface area contributed by atoms with Crippen LogP contribution in [0.2, 0.25) is 5.02 Å². The Hall–Kier alpha value is -2.27. The number of halogens is 1. The van der Waals surface area contributed by atoms with Crippen molar-refractivity contribution in [3.63, 3.8) is 0 Å². The average molecular weight is 380 g/mol. The third-order valence-electron chi connectivity index (χ3n) is 3.70. The minimum atomic E-state index is -0.656. The number of benzene rings is 1. The fourth-order valence-corrected chi connectivity index (χ4v) is 2.63. The van der Waals surface area contributed by atoms with Crippen molar-refractivity contribution in [2.24, 2.45) is 4.99 Å². The van der Waals surface area contributed by atoms with Crippen LogP contribution in [0.3, 0.4) is 0 Å². The molecule has 1 aromatic rings. The molecule has 2 rings (SSSR count). The summed E-state index contributed by atoms with van der Waals surface area (Å²) in [6, 6.07) is 1.05. The summed E-state index contributed by atoms with van der Waals surface area (Å²) in [4.78, 5) is 16.5. The number of nitrogens with zero attached hydrogens (tertiary/aromatic N) is 1. The zero-order valence-electron chi connectivity index (χ0n) is 15.5. The molecule has 0 spiro atoms. The highest BCUT2D eigenvalue weighted by Gasteiger charge is 2.24. The molecule has 26 heavy (non-hydrogen) atoms. The Labute approximate surface area is 159 Å². The molecule has 5 nitrogen and oxygen atoms in total. The van der Waals surface area contributed by atoms with Gasteiger partial charge in [0.05, 0.1) is 11.6 Å². The molecule has 1 aliphatic heterocycles. The van der Waals surface area contributed by atoms with E-state index in [9.17, 15) is 15.0 Å². The number of cyclic esters (lactones) is 1. The molecule has 0 atom stereocenters. The van der Waals surface area contributed by atoms with E-state index >= 15 is 0 Å². The number of phenolic OH excluding ortho intramolecular Hbond substituents is 2. The summed E-state index contributed by atoms with van der Waals surface area (Å²) in [5.41, 5.74) is 0.920. The third kappa shape index (κ3) is 5.92. The van der Waals surface area contributed by atoms with Crippen molar-refractivity contribution >= 4 is 23.3 Å². The van der Waals surface area contributed by atoms with Gasteiger partial charge in [0.2, 0.25) is 0 Å². The number of esters is 1. The van der Waals surface area contributed by atoms with Gasteiger partial charge in [-0.2, -0.15) is 0 Å². The predicted octanol–water partition coefficient (Wildman–Crippen LogP) is 4.84. The lowest BCUT2D eigenvalue weighted by Gasteiger charge is -2.14. The van der Waals surface area contributed by atoms with Gasteiger partial charge in [-0.15, -0.1) is 0 Å². The standard InChI is InChI=1S/C18H20ClNO4.C2H6/c1-20-12-8-6-4-2-3-5-7-9-24-18(23)16-13(10-12)17(19)15(22)11-14(16)21;1-2/h2,4,6,8,11,21-22H,3,5,7,9-10H2,1H3;1-2H3/b4-2-,8-6+,20-12?;. The molecule has 142 valence electrons. The van der Waals surface area contributed by atoms with Crippen LogP contribution in [0, 0.1) is 0 Å². The van der Waals surface area contributed by atoms with Gasteiger partial charge in [-0.1, -0.05) is 43.7 Å². The van der Waals surface area contributed by atoms with E-state index in [4.69, 9.17) is 16.3 Å². The maximum absolute atomic E-state index is 12.4. The molecule has 0 fully saturated rings. The van der Waals surface area contributed by atoms with Crippen LogP contribution in [0.5, 0.6) is 11.5 Å². The van der Waals surface area contributed by atoms with E-state index in [0.717, 1.165) is 25.3 Å². The van der Waals surface area contributed by atoms with Crippen molar-refractivity contribution in [1.82, 2.24) is 0 Å². The molecule has 0 unspecified atom stereocenters. The minimum Gasteiger partial charge on any atom is -0.507 e. The normalized spacial score (nSPS) is 19.4. The topological polar surface area (TPSA) is 79.1 Å². The van der Waals surface area contributed by atoms with E-state index in [1.807, 2.05) is 32.1 Å². The summed E-state index contributed by atoms with van der Waals surface area (Å²) in [6.07, 6.45) is 10.3. The average Bonchev–Trinajstić information content (AvgIpc) is 2.64. The highest BCUT2D eigenvalue weighted by molar-refractivity contribution is 6.33. The molecular formula is C20H26ClNO4. The third-order valence-corrected chi connectivity index (χ3v) is 4.13. The lowest BCUT2D eigenvalue weighted by atomic mass is 9.99. The van der Waals surface area contributed by atoms with Crippen molar-refractivity contribution in [3.05, 3.63) is 46.5 Å². The van der Waals surface area contributed by atoms with E-state index < -0.39 is 5.97 Å². The van der Waals surface area contributed by atoms with Gasteiger partial charge in [-0.25, -0.2) is 4.79 Å². The van der Waals surface area contributed by atoms with Crippen LogP contribution in [0.1, 0.15) is 49.0 Å². The molecule has 0 bridgehead atoms. The molecule has 1 aliphatic rings. The van der Waals surface area contributed by atoms with Crippen LogP contribution in [-0.2, 0) is 11.2 Å². The first-order valence-electron chi connectivity index (χ1n) is 8.74. The van der Waals surface area contributed by atoms with Crippen molar-refractivity contribution in [1.29, 1.82) is 0 Å². The number of hydrogen-bond acceptors (Lipinski definition) is 5. The Balaban J connectivity index is 0.00000163. The molecule has 0 amide bonds. The highest BCUT2D eigenvalue weighted by atomic mass is 35.5. The zero-order chi connectivity index (χ0) is 19.5. The van der Waals surface area contributed by atoms with Crippen LogP contribution < -0.4 is 0 Å². The Morgan fingerprint density at radius 2 is 1.88 bits per heavy atom. The van der Waals surface area contributed by atoms with Crippen LogP contribution in [0.4, 0.5) is 0 Å². The van der Waals surface area contributed by atoms with E-state index in [2.05, 4.69) is 4.99 Å². The van der Waals surface area contributed by atoms with E-state index in [1.54, 1.807) is 13.1 Å². The second-order valence-electron chi connectivity index (χ2n) is 5.39. The second-order valence-corrected chi connectivity index (χ2v) is 5.77. The summed E-state index contributed by atoms with van der Waals surface area (Å²) >= 11 is 6.16. The smallest absolute Gasteiger partial charge is 0.342 e. The molecule has 1 heterocycles. The Morgan fingerprint density at radius 1 is 1.15 bits per heavy atom. The first-order chi connectivity index (χ1) is 12.5. The molecule has 0 aromatic heterocycles. The van der Waals surface area contributed by atoms with Crippen molar-refractivity contribution in [2.45, 2.75) is 39.5 Å². The summed E-state index contributed by atoms with van der Waals surface area (Å²) < 4.78 is 5.24. The van der Waals surface area contributed by atoms with Gasteiger partial charge < -0.3 is 14.9 Å². The number of carbonyl (C=O) groups excluding carboxylic acids is 1. The molecule has 0 radical (unpaired) electrons. The molecule has 0 saturated heterocycles. The summed E-state index contributed by atoms with van der Waals surface area (Å²) in [7, 11) is 1.63. The maximum Gasteiger partial charge on any atom is 0.342 e. The lowest BCUT2D eigenvalue weighted by molar-refractivity contribution is 0.0494. The second kappa shape index (κ2) is 11.4. The van der Waals surface area contributed by atoms with Gasteiger partial charge in [-0.3, -0.25) is 4.99 Å². The van der Waals surface area contributed by atoms with Gasteiger partial charge in [0.15, 0.2) is 0 Å². The number of rotatable bonds is 0. The van der Waals surface area contributed by atoms with Crippen molar-refractivity contribution in [2.75, 3.05) is 13.7 Å². The molecule has 0 aliphatic carbocycles.